The SMILES string of the molecule is CC1N(C)CCC1(O)c1ccc(Cl)cc1. The van der Waals surface area contributed by atoms with E-state index in [-0.39, 0.29) is 6.04 Å². The maximum absolute atomic E-state index is 10.6. The molecule has 0 aromatic heterocycles. The van der Waals surface area contributed by atoms with E-state index in [0.29, 0.717) is 5.02 Å². The van der Waals surface area contributed by atoms with Crippen molar-refractivity contribution >= 4 is 11.6 Å². The summed E-state index contributed by atoms with van der Waals surface area (Å²) in [6.45, 7) is 2.99. The minimum Gasteiger partial charge on any atom is -0.383 e. The Labute approximate surface area is 95.5 Å². The second-order valence-electron chi connectivity index (χ2n) is 4.34. The number of likely N-dealkylation sites (N-methyl/N-ethyl adjacent to an activating group) is 1. The van der Waals surface area contributed by atoms with E-state index >= 15 is 0 Å². The van der Waals surface area contributed by atoms with E-state index in [1.54, 1.807) is 0 Å². The summed E-state index contributed by atoms with van der Waals surface area (Å²) in [5.41, 5.74) is 0.239. The highest BCUT2D eigenvalue weighted by Crippen LogP contribution is 2.36. The van der Waals surface area contributed by atoms with Crippen molar-refractivity contribution in [3.05, 3.63) is 34.9 Å². The van der Waals surface area contributed by atoms with Gasteiger partial charge in [0.05, 0.1) is 0 Å². The second-order valence-corrected chi connectivity index (χ2v) is 4.77. The second kappa shape index (κ2) is 3.78. The van der Waals surface area contributed by atoms with Crippen molar-refractivity contribution in [2.24, 2.45) is 0 Å². The van der Waals surface area contributed by atoms with E-state index in [0.717, 1.165) is 18.5 Å². The van der Waals surface area contributed by atoms with Crippen LogP contribution in [0.3, 0.4) is 0 Å². The minimum absolute atomic E-state index is 0.152. The summed E-state index contributed by atoms with van der Waals surface area (Å²) in [6, 6.07) is 7.65. The fourth-order valence-corrected chi connectivity index (χ4v) is 2.36. The van der Waals surface area contributed by atoms with Crippen LogP contribution in [0.2, 0.25) is 5.02 Å². The Morgan fingerprint density at radius 1 is 1.40 bits per heavy atom. The van der Waals surface area contributed by atoms with Crippen molar-refractivity contribution in [1.29, 1.82) is 0 Å². The lowest BCUT2D eigenvalue weighted by Crippen LogP contribution is -2.38. The van der Waals surface area contributed by atoms with Gasteiger partial charge in [-0.1, -0.05) is 23.7 Å². The number of rotatable bonds is 1. The lowest BCUT2D eigenvalue weighted by Gasteiger charge is -2.30. The van der Waals surface area contributed by atoms with Crippen molar-refractivity contribution in [2.75, 3.05) is 13.6 Å². The van der Waals surface area contributed by atoms with Crippen molar-refractivity contribution in [3.63, 3.8) is 0 Å². The molecule has 2 unspecified atom stereocenters. The van der Waals surface area contributed by atoms with E-state index in [1.807, 2.05) is 31.3 Å². The fraction of sp³-hybridized carbons (Fsp3) is 0.500. The van der Waals surface area contributed by atoms with Crippen molar-refractivity contribution in [1.82, 2.24) is 4.90 Å². The summed E-state index contributed by atoms with van der Waals surface area (Å²) in [6.07, 6.45) is 0.784. The third-order valence-corrected chi connectivity index (χ3v) is 3.79. The molecule has 1 aliphatic heterocycles. The summed E-state index contributed by atoms with van der Waals surface area (Å²) in [4.78, 5) is 2.18. The van der Waals surface area contributed by atoms with Crippen LogP contribution < -0.4 is 0 Å². The summed E-state index contributed by atoms with van der Waals surface area (Å²) in [7, 11) is 2.04. The molecule has 2 nitrogen and oxygen atoms in total. The van der Waals surface area contributed by atoms with E-state index in [2.05, 4.69) is 11.8 Å². The van der Waals surface area contributed by atoms with Crippen LogP contribution in [0.25, 0.3) is 0 Å². The van der Waals surface area contributed by atoms with E-state index in [1.165, 1.54) is 0 Å². The van der Waals surface area contributed by atoms with Crippen LogP contribution >= 0.6 is 11.6 Å². The molecule has 0 radical (unpaired) electrons. The quantitative estimate of drug-likeness (QED) is 0.793. The molecule has 1 aliphatic rings. The standard InChI is InChI=1S/C12H16ClNO/c1-9-12(15,7-8-14(9)2)10-3-5-11(13)6-4-10/h3-6,9,15H,7-8H2,1-2H3. The molecule has 1 fully saturated rings. The first-order chi connectivity index (χ1) is 7.04. The largest absolute Gasteiger partial charge is 0.383 e. The van der Waals surface area contributed by atoms with Gasteiger partial charge in [0.25, 0.3) is 0 Å². The molecule has 1 saturated heterocycles. The molecule has 0 bridgehead atoms. The lowest BCUT2D eigenvalue weighted by atomic mass is 9.87. The molecule has 1 aromatic rings. The summed E-state index contributed by atoms with van der Waals surface area (Å²) in [5, 5.41) is 11.3. The Hall–Kier alpha value is -0.570. The highest BCUT2D eigenvalue weighted by atomic mass is 35.5. The number of likely N-dealkylation sites (tertiary alicyclic amines) is 1. The number of aliphatic hydroxyl groups is 1. The Morgan fingerprint density at radius 3 is 2.47 bits per heavy atom. The predicted octanol–water partition coefficient (Wildman–Crippen LogP) is 2.25. The van der Waals surface area contributed by atoms with Gasteiger partial charge in [0, 0.05) is 17.6 Å². The molecule has 0 aliphatic carbocycles. The minimum atomic E-state index is -0.723. The zero-order valence-electron chi connectivity index (χ0n) is 9.07. The molecule has 1 N–H and O–H groups in total. The van der Waals surface area contributed by atoms with Gasteiger partial charge in [-0.2, -0.15) is 0 Å². The zero-order valence-corrected chi connectivity index (χ0v) is 9.83. The monoisotopic (exact) mass is 225 g/mol. The van der Waals surface area contributed by atoms with Gasteiger partial charge in [-0.15, -0.1) is 0 Å². The molecule has 3 heteroatoms. The van der Waals surface area contributed by atoms with Crippen LogP contribution in [-0.4, -0.2) is 29.6 Å². The van der Waals surface area contributed by atoms with E-state index in [9.17, 15) is 5.11 Å². The van der Waals surface area contributed by atoms with E-state index < -0.39 is 5.60 Å². The van der Waals surface area contributed by atoms with Crippen LogP contribution in [0, 0.1) is 0 Å². The fourth-order valence-electron chi connectivity index (χ4n) is 2.24. The smallest absolute Gasteiger partial charge is 0.106 e. The maximum atomic E-state index is 10.6. The molecule has 0 spiro atoms. The molecular weight excluding hydrogens is 210 g/mol. The number of hydrogen-bond donors (Lipinski definition) is 1. The van der Waals surface area contributed by atoms with Gasteiger partial charge in [0.1, 0.15) is 5.60 Å². The number of benzene rings is 1. The van der Waals surface area contributed by atoms with Gasteiger partial charge in [-0.25, -0.2) is 0 Å². The predicted molar refractivity (Wildman–Crippen MR) is 62.1 cm³/mol. The van der Waals surface area contributed by atoms with Crippen molar-refractivity contribution < 1.29 is 5.11 Å². The van der Waals surface area contributed by atoms with Crippen molar-refractivity contribution in [2.45, 2.75) is 25.0 Å². The molecule has 15 heavy (non-hydrogen) atoms. The van der Waals surface area contributed by atoms with Crippen LogP contribution in [-0.2, 0) is 5.60 Å². The van der Waals surface area contributed by atoms with Gasteiger partial charge in [0.15, 0.2) is 0 Å². The van der Waals surface area contributed by atoms with Crippen LogP contribution in [0.15, 0.2) is 24.3 Å². The molecular formula is C12H16ClNO. The molecule has 1 heterocycles. The third kappa shape index (κ3) is 1.78. The molecule has 0 amide bonds. The summed E-state index contributed by atoms with van der Waals surface area (Å²) < 4.78 is 0. The first-order valence-corrected chi connectivity index (χ1v) is 5.60. The third-order valence-electron chi connectivity index (χ3n) is 3.54. The van der Waals surface area contributed by atoms with Crippen LogP contribution in [0.5, 0.6) is 0 Å². The topological polar surface area (TPSA) is 23.5 Å². The van der Waals surface area contributed by atoms with Crippen LogP contribution in [0.1, 0.15) is 18.9 Å². The number of halogens is 1. The van der Waals surface area contributed by atoms with Crippen LogP contribution in [0.4, 0.5) is 0 Å². The van der Waals surface area contributed by atoms with Crippen molar-refractivity contribution in [3.8, 4) is 0 Å². The number of nitrogens with zero attached hydrogens (tertiary/aromatic N) is 1. The Morgan fingerprint density at radius 2 is 2.00 bits per heavy atom. The highest BCUT2D eigenvalue weighted by molar-refractivity contribution is 6.30. The Balaban J connectivity index is 2.33. The van der Waals surface area contributed by atoms with Gasteiger partial charge >= 0.3 is 0 Å². The maximum Gasteiger partial charge on any atom is 0.106 e. The Bertz CT molecular complexity index is 351. The molecule has 1 aromatic carbocycles. The van der Waals surface area contributed by atoms with Gasteiger partial charge in [-0.05, 0) is 38.1 Å². The average molecular weight is 226 g/mol. The van der Waals surface area contributed by atoms with Gasteiger partial charge in [-0.3, -0.25) is 0 Å². The molecule has 0 saturated carbocycles. The zero-order chi connectivity index (χ0) is 11.1. The van der Waals surface area contributed by atoms with Gasteiger partial charge < -0.3 is 10.0 Å². The number of hydrogen-bond acceptors (Lipinski definition) is 2. The summed E-state index contributed by atoms with van der Waals surface area (Å²) in [5.74, 6) is 0. The molecule has 82 valence electrons. The first kappa shape index (κ1) is 10.9. The van der Waals surface area contributed by atoms with E-state index in [4.69, 9.17) is 11.6 Å². The lowest BCUT2D eigenvalue weighted by molar-refractivity contribution is 0.0109. The Kier molecular flexibility index (Phi) is 2.75. The molecule has 2 rings (SSSR count). The first-order valence-electron chi connectivity index (χ1n) is 5.23. The average Bonchev–Trinajstić information content (AvgIpc) is 2.48. The summed E-state index contributed by atoms with van der Waals surface area (Å²) >= 11 is 5.84. The highest BCUT2D eigenvalue weighted by Gasteiger charge is 2.42. The normalized spacial score (nSPS) is 32.1. The van der Waals surface area contributed by atoms with Gasteiger partial charge in [0.2, 0.25) is 0 Å². The molecule has 2 atom stereocenters.